The first-order valence-corrected chi connectivity index (χ1v) is 12.0. The highest BCUT2D eigenvalue weighted by atomic mass is 14.7. The van der Waals surface area contributed by atoms with E-state index in [4.69, 9.17) is 5.73 Å². The van der Waals surface area contributed by atoms with Gasteiger partial charge in [-0.05, 0) is 68.3 Å². The minimum Gasteiger partial charge on any atom is -0.321 e. The Morgan fingerprint density at radius 1 is 0.606 bits per heavy atom. The van der Waals surface area contributed by atoms with Crippen LogP contribution in [0.1, 0.15) is 38.7 Å². The van der Waals surface area contributed by atoms with Crippen LogP contribution in [-0.4, -0.2) is 0 Å². The molecule has 0 saturated carbocycles. The molecule has 1 heteroatoms. The smallest absolute Gasteiger partial charge is 0.0406 e. The second-order valence-corrected chi connectivity index (χ2v) is 9.11. The van der Waals surface area contributed by atoms with Gasteiger partial charge in [0.2, 0.25) is 0 Å². The minimum absolute atomic E-state index is 0.230. The summed E-state index contributed by atoms with van der Waals surface area (Å²) in [6.07, 6.45) is 3.06. The molecule has 0 heterocycles. The molecule has 1 atom stereocenters. The van der Waals surface area contributed by atoms with Crippen molar-refractivity contribution in [3.05, 3.63) is 109 Å². The number of fused-ring (bicyclic) bond motifs is 2. The number of nitrogens with two attached hydrogens (primary N) is 1. The zero-order valence-electron chi connectivity index (χ0n) is 19.5. The Morgan fingerprint density at radius 2 is 1.09 bits per heavy atom. The van der Waals surface area contributed by atoms with E-state index in [1.807, 2.05) is 0 Å². The molecule has 1 unspecified atom stereocenters. The Kier molecular flexibility index (Phi) is 5.74. The molecule has 164 valence electrons. The van der Waals surface area contributed by atoms with Gasteiger partial charge >= 0.3 is 0 Å². The van der Waals surface area contributed by atoms with Crippen LogP contribution in [-0.2, 0) is 5.54 Å². The van der Waals surface area contributed by atoms with E-state index in [0.717, 1.165) is 19.3 Å². The lowest BCUT2D eigenvalue weighted by atomic mass is 9.83. The first-order chi connectivity index (χ1) is 16.1. The first kappa shape index (κ1) is 21.4. The van der Waals surface area contributed by atoms with Crippen molar-refractivity contribution in [1.29, 1.82) is 0 Å². The molecule has 0 fully saturated rings. The molecule has 2 N–H and O–H groups in total. The SMILES string of the molecule is CCCC(N)(CC)c1ccc(-c2ccc(-c3c4ccccc4cc4ccccc34)cc2)cc1. The van der Waals surface area contributed by atoms with Gasteiger partial charge in [-0.1, -0.05) is 117 Å². The molecule has 0 aliphatic rings. The summed E-state index contributed by atoms with van der Waals surface area (Å²) < 4.78 is 0. The monoisotopic (exact) mass is 429 g/mol. The third-order valence-corrected chi connectivity index (χ3v) is 7.06. The molecule has 5 aromatic rings. The maximum absolute atomic E-state index is 6.69. The van der Waals surface area contributed by atoms with Crippen LogP contribution >= 0.6 is 0 Å². The second-order valence-electron chi connectivity index (χ2n) is 9.11. The second kappa shape index (κ2) is 8.84. The standard InChI is InChI=1S/C32H31N/c1-3-21-32(33,4-2)28-19-17-24(18-20-28)23-13-15-25(16-14-23)31-29-11-7-5-9-26(29)22-27-10-6-8-12-30(27)31/h5-20,22H,3-4,21,33H2,1-2H3. The van der Waals surface area contributed by atoms with E-state index >= 15 is 0 Å². The van der Waals surface area contributed by atoms with E-state index in [9.17, 15) is 0 Å². The summed E-state index contributed by atoms with van der Waals surface area (Å²) in [5.74, 6) is 0. The van der Waals surface area contributed by atoms with Crippen molar-refractivity contribution in [2.75, 3.05) is 0 Å². The lowest BCUT2D eigenvalue weighted by Crippen LogP contribution is -2.35. The molecule has 0 aromatic heterocycles. The highest BCUT2D eigenvalue weighted by molar-refractivity contribution is 6.12. The summed E-state index contributed by atoms with van der Waals surface area (Å²) in [5, 5.41) is 5.14. The molecule has 0 bridgehead atoms. The maximum atomic E-state index is 6.69. The van der Waals surface area contributed by atoms with Crippen molar-refractivity contribution in [1.82, 2.24) is 0 Å². The Morgan fingerprint density at radius 3 is 1.61 bits per heavy atom. The van der Waals surface area contributed by atoms with Gasteiger partial charge in [0, 0.05) is 5.54 Å². The molecule has 1 nitrogen and oxygen atoms in total. The molecule has 0 saturated heterocycles. The zero-order valence-corrected chi connectivity index (χ0v) is 19.5. The fourth-order valence-corrected chi connectivity index (χ4v) is 5.12. The van der Waals surface area contributed by atoms with E-state index in [0.29, 0.717) is 0 Å². The Balaban J connectivity index is 1.54. The predicted octanol–water partition coefficient (Wildman–Crippen LogP) is 8.69. The number of benzene rings is 5. The van der Waals surface area contributed by atoms with Crippen molar-refractivity contribution >= 4 is 21.5 Å². The zero-order chi connectivity index (χ0) is 22.8. The first-order valence-electron chi connectivity index (χ1n) is 12.0. The van der Waals surface area contributed by atoms with Crippen LogP contribution in [0.4, 0.5) is 0 Å². The number of hydrogen-bond donors (Lipinski definition) is 1. The van der Waals surface area contributed by atoms with Crippen LogP contribution in [0.25, 0.3) is 43.8 Å². The van der Waals surface area contributed by atoms with Crippen LogP contribution < -0.4 is 5.73 Å². The normalized spacial score (nSPS) is 13.3. The Labute approximate surface area is 196 Å². The van der Waals surface area contributed by atoms with Gasteiger partial charge < -0.3 is 5.73 Å². The quantitative estimate of drug-likeness (QED) is 0.268. The summed E-state index contributed by atoms with van der Waals surface area (Å²) in [5.41, 5.74) is 12.7. The van der Waals surface area contributed by atoms with E-state index in [1.54, 1.807) is 0 Å². The van der Waals surface area contributed by atoms with Gasteiger partial charge in [-0.15, -0.1) is 0 Å². The Hall–Kier alpha value is -3.42. The fraction of sp³-hybridized carbons (Fsp3) is 0.188. The van der Waals surface area contributed by atoms with Crippen LogP contribution in [0.3, 0.4) is 0 Å². The van der Waals surface area contributed by atoms with E-state index in [2.05, 4.69) is 117 Å². The van der Waals surface area contributed by atoms with Crippen molar-refractivity contribution < 1.29 is 0 Å². The van der Waals surface area contributed by atoms with Gasteiger partial charge in [-0.25, -0.2) is 0 Å². The van der Waals surface area contributed by atoms with Crippen LogP contribution in [0.2, 0.25) is 0 Å². The summed E-state index contributed by atoms with van der Waals surface area (Å²) >= 11 is 0. The molecular formula is C32H31N. The third kappa shape index (κ3) is 3.94. The maximum Gasteiger partial charge on any atom is 0.0406 e. The molecule has 33 heavy (non-hydrogen) atoms. The average molecular weight is 430 g/mol. The van der Waals surface area contributed by atoms with Gasteiger partial charge in [-0.2, -0.15) is 0 Å². The van der Waals surface area contributed by atoms with Crippen molar-refractivity contribution in [3.63, 3.8) is 0 Å². The van der Waals surface area contributed by atoms with Crippen LogP contribution in [0.15, 0.2) is 103 Å². The molecule has 0 aliphatic carbocycles. The predicted molar refractivity (Wildman–Crippen MR) is 143 cm³/mol. The van der Waals surface area contributed by atoms with Crippen LogP contribution in [0, 0.1) is 0 Å². The molecule has 0 spiro atoms. The number of hydrogen-bond acceptors (Lipinski definition) is 1. The van der Waals surface area contributed by atoms with E-state index in [-0.39, 0.29) is 5.54 Å². The van der Waals surface area contributed by atoms with Crippen molar-refractivity contribution in [2.24, 2.45) is 5.73 Å². The summed E-state index contributed by atoms with van der Waals surface area (Å²) in [7, 11) is 0. The van der Waals surface area contributed by atoms with Crippen molar-refractivity contribution in [3.8, 4) is 22.3 Å². The van der Waals surface area contributed by atoms with Crippen molar-refractivity contribution in [2.45, 2.75) is 38.6 Å². The lowest BCUT2D eigenvalue weighted by molar-refractivity contribution is 0.390. The Bertz CT molecular complexity index is 1340. The summed E-state index contributed by atoms with van der Waals surface area (Å²) in [6, 6.07) is 37.5. The average Bonchev–Trinajstić information content (AvgIpc) is 2.87. The van der Waals surface area contributed by atoms with Gasteiger partial charge in [0.1, 0.15) is 0 Å². The highest BCUT2D eigenvalue weighted by Gasteiger charge is 2.23. The van der Waals surface area contributed by atoms with Gasteiger partial charge in [-0.3, -0.25) is 0 Å². The minimum atomic E-state index is -0.230. The van der Waals surface area contributed by atoms with E-state index in [1.165, 1.54) is 49.4 Å². The van der Waals surface area contributed by atoms with Crippen LogP contribution in [0.5, 0.6) is 0 Å². The molecule has 0 radical (unpaired) electrons. The lowest BCUT2D eigenvalue weighted by Gasteiger charge is -2.28. The van der Waals surface area contributed by atoms with Gasteiger partial charge in [0.25, 0.3) is 0 Å². The third-order valence-electron chi connectivity index (χ3n) is 7.06. The summed E-state index contributed by atoms with van der Waals surface area (Å²) in [4.78, 5) is 0. The molecule has 5 aromatic carbocycles. The van der Waals surface area contributed by atoms with Gasteiger partial charge in [0.05, 0.1) is 0 Å². The fourth-order valence-electron chi connectivity index (χ4n) is 5.12. The molecular weight excluding hydrogens is 398 g/mol. The molecule has 0 aliphatic heterocycles. The topological polar surface area (TPSA) is 26.0 Å². The highest BCUT2D eigenvalue weighted by Crippen LogP contribution is 2.37. The number of rotatable bonds is 6. The van der Waals surface area contributed by atoms with Gasteiger partial charge in [0.15, 0.2) is 0 Å². The molecule has 0 amide bonds. The molecule has 5 rings (SSSR count). The van der Waals surface area contributed by atoms with E-state index < -0.39 is 0 Å². The largest absolute Gasteiger partial charge is 0.321 e. The summed E-state index contributed by atoms with van der Waals surface area (Å²) in [6.45, 7) is 4.38.